The highest BCUT2D eigenvalue weighted by Gasteiger charge is 2.04. The van der Waals surface area contributed by atoms with E-state index in [2.05, 4.69) is 38.0 Å². The van der Waals surface area contributed by atoms with Crippen molar-refractivity contribution >= 4 is 35.6 Å². The summed E-state index contributed by atoms with van der Waals surface area (Å²) in [6, 6.07) is 13.9. The first-order chi connectivity index (χ1) is 12.8. The van der Waals surface area contributed by atoms with Gasteiger partial charge in [-0.05, 0) is 43.2 Å². The molecule has 2 heterocycles. The van der Waals surface area contributed by atoms with E-state index in [1.165, 1.54) is 5.56 Å². The standard InChI is InChI=1S/C19H24N6O.HI/c1-3-20-19(21-12-11-15-7-9-16(26-2)10-8-15)22-14-18-24-23-17-6-4-5-13-25(17)18;/h4-10,13H,3,11-12,14H2,1-2H3,(H2,20,21,22);1H. The van der Waals surface area contributed by atoms with Crippen LogP contribution in [-0.2, 0) is 13.0 Å². The molecule has 3 aromatic rings. The summed E-state index contributed by atoms with van der Waals surface area (Å²) in [5.41, 5.74) is 2.08. The summed E-state index contributed by atoms with van der Waals surface area (Å²) in [5, 5.41) is 15.0. The predicted octanol–water partition coefficient (Wildman–Crippen LogP) is 2.65. The molecule has 0 aliphatic heterocycles. The van der Waals surface area contributed by atoms with E-state index >= 15 is 0 Å². The molecule has 0 fully saturated rings. The molecule has 0 atom stereocenters. The normalized spacial score (nSPS) is 11.1. The number of hydrogen-bond donors (Lipinski definition) is 2. The van der Waals surface area contributed by atoms with Gasteiger partial charge in [0.25, 0.3) is 0 Å². The van der Waals surface area contributed by atoms with Crippen LogP contribution in [-0.4, -0.2) is 40.8 Å². The lowest BCUT2D eigenvalue weighted by molar-refractivity contribution is 0.414. The highest BCUT2D eigenvalue weighted by Crippen LogP contribution is 2.11. The zero-order chi connectivity index (χ0) is 18.2. The van der Waals surface area contributed by atoms with Crippen LogP contribution in [0.15, 0.2) is 53.7 Å². The van der Waals surface area contributed by atoms with Crippen LogP contribution >= 0.6 is 24.0 Å². The zero-order valence-corrected chi connectivity index (χ0v) is 17.9. The van der Waals surface area contributed by atoms with E-state index in [9.17, 15) is 0 Å². The average molecular weight is 480 g/mol. The summed E-state index contributed by atoms with van der Waals surface area (Å²) in [7, 11) is 1.67. The van der Waals surface area contributed by atoms with E-state index in [0.29, 0.717) is 6.54 Å². The third-order valence-electron chi connectivity index (χ3n) is 3.97. The van der Waals surface area contributed by atoms with Crippen molar-refractivity contribution in [3.8, 4) is 5.75 Å². The lowest BCUT2D eigenvalue weighted by Gasteiger charge is -2.11. The molecule has 0 saturated carbocycles. The van der Waals surface area contributed by atoms with E-state index in [4.69, 9.17) is 4.74 Å². The molecule has 0 aliphatic carbocycles. The summed E-state index contributed by atoms with van der Waals surface area (Å²) < 4.78 is 7.13. The van der Waals surface area contributed by atoms with Gasteiger partial charge in [0.05, 0.1) is 7.11 Å². The maximum Gasteiger partial charge on any atom is 0.191 e. The van der Waals surface area contributed by atoms with Gasteiger partial charge in [0.2, 0.25) is 0 Å². The summed E-state index contributed by atoms with van der Waals surface area (Å²) in [6.45, 7) is 4.10. The maximum atomic E-state index is 5.18. The number of guanidine groups is 1. The molecule has 0 saturated heterocycles. The van der Waals surface area contributed by atoms with Crippen molar-refractivity contribution in [2.24, 2.45) is 4.99 Å². The fraction of sp³-hybridized carbons (Fsp3) is 0.316. The van der Waals surface area contributed by atoms with Crippen molar-refractivity contribution in [3.63, 3.8) is 0 Å². The van der Waals surface area contributed by atoms with Crippen molar-refractivity contribution in [1.29, 1.82) is 0 Å². The van der Waals surface area contributed by atoms with Crippen LogP contribution in [0.3, 0.4) is 0 Å². The number of fused-ring (bicyclic) bond motifs is 1. The molecule has 0 amide bonds. The van der Waals surface area contributed by atoms with Crippen molar-refractivity contribution in [2.45, 2.75) is 19.9 Å². The monoisotopic (exact) mass is 480 g/mol. The molecule has 0 spiro atoms. The van der Waals surface area contributed by atoms with Crippen molar-refractivity contribution in [1.82, 2.24) is 25.2 Å². The van der Waals surface area contributed by atoms with Gasteiger partial charge >= 0.3 is 0 Å². The molecule has 8 heteroatoms. The van der Waals surface area contributed by atoms with E-state index in [-0.39, 0.29) is 24.0 Å². The second kappa shape index (κ2) is 10.7. The van der Waals surface area contributed by atoms with Gasteiger partial charge in [-0.25, -0.2) is 4.99 Å². The Balaban J connectivity index is 0.00000261. The third kappa shape index (κ3) is 5.81. The van der Waals surface area contributed by atoms with Gasteiger partial charge in [-0.15, -0.1) is 34.2 Å². The highest BCUT2D eigenvalue weighted by atomic mass is 127. The number of methoxy groups -OCH3 is 1. The topological polar surface area (TPSA) is 75.8 Å². The van der Waals surface area contributed by atoms with Gasteiger partial charge in [-0.2, -0.15) is 0 Å². The molecule has 27 heavy (non-hydrogen) atoms. The molecule has 0 aliphatic rings. The minimum Gasteiger partial charge on any atom is -0.497 e. The molecule has 2 aromatic heterocycles. The first kappa shape index (κ1) is 20.9. The number of halogens is 1. The Morgan fingerprint density at radius 2 is 1.93 bits per heavy atom. The first-order valence-corrected chi connectivity index (χ1v) is 8.74. The van der Waals surface area contributed by atoms with Crippen LogP contribution < -0.4 is 15.4 Å². The zero-order valence-electron chi connectivity index (χ0n) is 15.6. The Bertz CT molecular complexity index is 862. The molecular weight excluding hydrogens is 455 g/mol. The Kier molecular flexibility index (Phi) is 8.31. The number of ether oxygens (including phenoxy) is 1. The number of benzene rings is 1. The Morgan fingerprint density at radius 1 is 1.11 bits per heavy atom. The second-order valence-electron chi connectivity index (χ2n) is 5.77. The molecule has 0 unspecified atom stereocenters. The molecule has 0 bridgehead atoms. The lowest BCUT2D eigenvalue weighted by atomic mass is 10.1. The number of hydrogen-bond acceptors (Lipinski definition) is 4. The van der Waals surface area contributed by atoms with Gasteiger partial charge < -0.3 is 15.4 Å². The number of rotatable bonds is 7. The first-order valence-electron chi connectivity index (χ1n) is 8.74. The fourth-order valence-corrected chi connectivity index (χ4v) is 2.61. The van der Waals surface area contributed by atoms with Crippen LogP contribution in [0.4, 0.5) is 0 Å². The van der Waals surface area contributed by atoms with Crippen molar-refractivity contribution < 1.29 is 4.74 Å². The van der Waals surface area contributed by atoms with Gasteiger partial charge in [0, 0.05) is 19.3 Å². The average Bonchev–Trinajstić information content (AvgIpc) is 3.10. The molecule has 2 N–H and O–H groups in total. The maximum absolute atomic E-state index is 5.18. The van der Waals surface area contributed by atoms with Crippen LogP contribution in [0, 0.1) is 0 Å². The van der Waals surface area contributed by atoms with E-state index in [1.54, 1.807) is 7.11 Å². The SMILES string of the molecule is CCNC(=NCc1nnc2ccccn12)NCCc1ccc(OC)cc1.I. The van der Waals surface area contributed by atoms with Gasteiger partial charge in [-0.1, -0.05) is 18.2 Å². The van der Waals surface area contributed by atoms with Crippen LogP contribution in [0.5, 0.6) is 5.75 Å². The molecule has 7 nitrogen and oxygen atoms in total. The number of nitrogens with one attached hydrogen (secondary N) is 2. The lowest BCUT2D eigenvalue weighted by Crippen LogP contribution is -2.38. The predicted molar refractivity (Wildman–Crippen MR) is 118 cm³/mol. The molecule has 3 rings (SSSR count). The third-order valence-corrected chi connectivity index (χ3v) is 3.97. The summed E-state index contributed by atoms with van der Waals surface area (Å²) in [4.78, 5) is 4.62. The number of pyridine rings is 1. The van der Waals surface area contributed by atoms with E-state index in [0.717, 1.165) is 42.7 Å². The van der Waals surface area contributed by atoms with Gasteiger partial charge in [0.1, 0.15) is 12.3 Å². The van der Waals surface area contributed by atoms with E-state index in [1.807, 2.05) is 47.9 Å². The Labute approximate surface area is 176 Å². The minimum atomic E-state index is 0. The molecule has 1 aromatic carbocycles. The largest absolute Gasteiger partial charge is 0.497 e. The van der Waals surface area contributed by atoms with Crippen molar-refractivity contribution in [3.05, 3.63) is 60.0 Å². The Hall–Kier alpha value is -2.36. The number of nitrogens with zero attached hydrogens (tertiary/aromatic N) is 4. The van der Waals surface area contributed by atoms with E-state index < -0.39 is 0 Å². The fourth-order valence-electron chi connectivity index (χ4n) is 2.61. The van der Waals surface area contributed by atoms with Crippen LogP contribution in [0.2, 0.25) is 0 Å². The molecular formula is C19H25IN6O. The van der Waals surface area contributed by atoms with Crippen molar-refractivity contribution in [2.75, 3.05) is 20.2 Å². The van der Waals surface area contributed by atoms with Gasteiger partial charge in [-0.3, -0.25) is 4.40 Å². The minimum absolute atomic E-state index is 0. The summed E-state index contributed by atoms with van der Waals surface area (Å²) in [5.74, 6) is 2.46. The molecule has 144 valence electrons. The quantitative estimate of drug-likeness (QED) is 0.309. The van der Waals surface area contributed by atoms with Crippen LogP contribution in [0.25, 0.3) is 5.65 Å². The number of aromatic nitrogens is 3. The number of aliphatic imine (C=N–C) groups is 1. The summed E-state index contributed by atoms with van der Waals surface area (Å²) in [6.07, 6.45) is 2.85. The van der Waals surface area contributed by atoms with Crippen LogP contribution in [0.1, 0.15) is 18.3 Å². The van der Waals surface area contributed by atoms with Gasteiger partial charge in [0.15, 0.2) is 17.4 Å². The smallest absolute Gasteiger partial charge is 0.191 e. The molecule has 0 radical (unpaired) electrons. The highest BCUT2D eigenvalue weighted by molar-refractivity contribution is 14.0. The second-order valence-corrected chi connectivity index (χ2v) is 5.77. The Morgan fingerprint density at radius 3 is 2.67 bits per heavy atom. The summed E-state index contributed by atoms with van der Waals surface area (Å²) >= 11 is 0.